The van der Waals surface area contributed by atoms with E-state index in [0.29, 0.717) is 11.1 Å². The third-order valence-electron chi connectivity index (χ3n) is 5.81. The number of esters is 1. The molecule has 0 bridgehead atoms. The van der Waals surface area contributed by atoms with Gasteiger partial charge in [0.05, 0.1) is 36.4 Å². The summed E-state index contributed by atoms with van der Waals surface area (Å²) in [5.41, 5.74) is 1.11. The summed E-state index contributed by atoms with van der Waals surface area (Å²) >= 11 is 0. The van der Waals surface area contributed by atoms with E-state index in [0.717, 1.165) is 23.6 Å². The number of nitrogens with zero attached hydrogens (tertiary/aromatic N) is 2. The average molecular weight is 486 g/mol. The summed E-state index contributed by atoms with van der Waals surface area (Å²) in [5.74, 6) is -2.12. The van der Waals surface area contributed by atoms with Gasteiger partial charge in [-0.05, 0) is 42.0 Å². The second-order valence-electron chi connectivity index (χ2n) is 7.95. The summed E-state index contributed by atoms with van der Waals surface area (Å²) < 4.78 is 30.5. The van der Waals surface area contributed by atoms with Crippen LogP contribution in [0.5, 0.6) is 11.5 Å². The maximum Gasteiger partial charge on any atom is 0.340 e. The summed E-state index contributed by atoms with van der Waals surface area (Å²) in [6.45, 7) is 0.0817. The van der Waals surface area contributed by atoms with Crippen molar-refractivity contribution >= 4 is 34.5 Å². The molecule has 4 aromatic rings. The minimum Gasteiger partial charge on any atom is -0.497 e. The topological polar surface area (TPSA) is 95.0 Å². The normalized spacial score (nSPS) is 12.6. The smallest absolute Gasteiger partial charge is 0.340 e. The summed E-state index contributed by atoms with van der Waals surface area (Å²) in [4.78, 5) is 43.6. The molecule has 1 aliphatic rings. The SMILES string of the molecule is COC(=O)c1cc2cc(OCc3ccc(OC)cc3)c(N3C(=O)c4ccccc4C3=O)nc2cc1F. The van der Waals surface area contributed by atoms with Gasteiger partial charge in [0, 0.05) is 11.5 Å². The van der Waals surface area contributed by atoms with Gasteiger partial charge in [0.2, 0.25) is 0 Å². The predicted octanol–water partition coefficient (Wildman–Crippen LogP) is 4.55. The average Bonchev–Trinajstić information content (AvgIpc) is 3.16. The fourth-order valence-corrected chi connectivity index (χ4v) is 3.96. The molecule has 1 aliphatic heterocycles. The van der Waals surface area contributed by atoms with Gasteiger partial charge in [-0.3, -0.25) is 9.59 Å². The molecule has 36 heavy (non-hydrogen) atoms. The van der Waals surface area contributed by atoms with Crippen molar-refractivity contribution in [2.45, 2.75) is 6.61 Å². The number of imide groups is 1. The number of hydrogen-bond donors (Lipinski definition) is 0. The lowest BCUT2D eigenvalue weighted by molar-refractivity contribution is 0.0595. The number of aromatic nitrogens is 1. The first-order chi connectivity index (χ1) is 17.4. The van der Waals surface area contributed by atoms with Crippen LogP contribution in [0.2, 0.25) is 0 Å². The molecule has 3 aromatic carbocycles. The van der Waals surface area contributed by atoms with Crippen LogP contribution in [0.3, 0.4) is 0 Å². The van der Waals surface area contributed by atoms with Gasteiger partial charge in [-0.25, -0.2) is 19.1 Å². The Morgan fingerprint density at radius 1 is 0.944 bits per heavy atom. The number of carbonyl (C=O) groups is 3. The number of pyridine rings is 1. The lowest BCUT2D eigenvalue weighted by Crippen LogP contribution is -2.30. The molecular formula is C27H19FN2O6. The standard InChI is InChI=1S/C27H19FN2O6/c1-34-17-9-7-15(8-10-17)14-36-23-12-16-11-20(27(33)35-2)21(28)13-22(16)29-24(23)30-25(31)18-5-3-4-6-19(18)26(30)32/h3-13H,14H2,1-2H3. The molecule has 8 nitrogen and oxygen atoms in total. The molecule has 0 fully saturated rings. The van der Waals surface area contributed by atoms with E-state index in [-0.39, 0.29) is 40.4 Å². The van der Waals surface area contributed by atoms with Crippen molar-refractivity contribution in [3.63, 3.8) is 0 Å². The largest absolute Gasteiger partial charge is 0.497 e. The van der Waals surface area contributed by atoms with Gasteiger partial charge in [0.15, 0.2) is 11.6 Å². The molecule has 5 rings (SSSR count). The second kappa shape index (κ2) is 9.10. The molecule has 0 unspecified atom stereocenters. The third-order valence-corrected chi connectivity index (χ3v) is 5.81. The van der Waals surface area contributed by atoms with E-state index < -0.39 is 23.6 Å². The predicted molar refractivity (Wildman–Crippen MR) is 128 cm³/mol. The van der Waals surface area contributed by atoms with Crippen molar-refractivity contribution < 1.29 is 33.0 Å². The number of benzene rings is 3. The van der Waals surface area contributed by atoms with Crippen LogP contribution in [-0.2, 0) is 11.3 Å². The lowest BCUT2D eigenvalue weighted by atomic mass is 10.1. The van der Waals surface area contributed by atoms with Gasteiger partial charge >= 0.3 is 5.97 Å². The first-order valence-electron chi connectivity index (χ1n) is 10.9. The van der Waals surface area contributed by atoms with Crippen molar-refractivity contribution in [1.82, 2.24) is 4.98 Å². The van der Waals surface area contributed by atoms with E-state index in [4.69, 9.17) is 9.47 Å². The van der Waals surface area contributed by atoms with Gasteiger partial charge < -0.3 is 14.2 Å². The van der Waals surface area contributed by atoms with Crippen LogP contribution >= 0.6 is 0 Å². The molecule has 9 heteroatoms. The molecule has 0 aliphatic carbocycles. The molecule has 0 atom stereocenters. The monoisotopic (exact) mass is 486 g/mol. The molecule has 0 saturated carbocycles. The number of rotatable bonds is 6. The fourth-order valence-electron chi connectivity index (χ4n) is 3.96. The Bertz CT molecular complexity index is 1500. The van der Waals surface area contributed by atoms with E-state index in [1.165, 1.54) is 12.1 Å². The minimum atomic E-state index is -0.848. The van der Waals surface area contributed by atoms with E-state index in [1.807, 2.05) is 0 Å². The Morgan fingerprint density at radius 2 is 1.61 bits per heavy atom. The van der Waals surface area contributed by atoms with E-state index in [2.05, 4.69) is 9.72 Å². The van der Waals surface area contributed by atoms with Gasteiger partial charge in [-0.15, -0.1) is 0 Å². The fraction of sp³-hybridized carbons (Fsp3) is 0.111. The van der Waals surface area contributed by atoms with Crippen LogP contribution in [0.4, 0.5) is 10.2 Å². The summed E-state index contributed by atoms with van der Waals surface area (Å²) in [7, 11) is 2.71. The maximum absolute atomic E-state index is 14.6. The maximum atomic E-state index is 14.6. The zero-order chi connectivity index (χ0) is 25.4. The van der Waals surface area contributed by atoms with Crippen LogP contribution in [-0.4, -0.2) is 37.0 Å². The van der Waals surface area contributed by atoms with E-state index in [9.17, 15) is 18.8 Å². The Labute approximate surface area is 204 Å². The summed E-state index contributed by atoms with van der Waals surface area (Å²) in [6, 6.07) is 17.4. The highest BCUT2D eigenvalue weighted by molar-refractivity contribution is 6.34. The van der Waals surface area contributed by atoms with Crippen LogP contribution in [0.1, 0.15) is 36.6 Å². The number of anilines is 1. The van der Waals surface area contributed by atoms with Crippen LogP contribution in [0.25, 0.3) is 10.9 Å². The number of halogens is 1. The van der Waals surface area contributed by atoms with Gasteiger partial charge in [-0.1, -0.05) is 24.3 Å². The summed E-state index contributed by atoms with van der Waals surface area (Å²) in [6.07, 6.45) is 0. The zero-order valence-corrected chi connectivity index (χ0v) is 19.3. The second-order valence-corrected chi connectivity index (χ2v) is 7.95. The van der Waals surface area contributed by atoms with Crippen molar-refractivity contribution in [1.29, 1.82) is 0 Å². The number of ether oxygens (including phenoxy) is 3. The van der Waals surface area contributed by atoms with E-state index in [1.54, 1.807) is 55.6 Å². The Balaban J connectivity index is 1.61. The lowest BCUT2D eigenvalue weighted by Gasteiger charge is -2.19. The van der Waals surface area contributed by atoms with Crippen molar-refractivity contribution in [2.24, 2.45) is 0 Å². The highest BCUT2D eigenvalue weighted by Gasteiger charge is 2.39. The quantitative estimate of drug-likeness (QED) is 0.292. The molecule has 2 amide bonds. The number of fused-ring (bicyclic) bond motifs is 2. The zero-order valence-electron chi connectivity index (χ0n) is 19.3. The molecule has 2 heterocycles. The number of methoxy groups -OCH3 is 2. The molecule has 1 aromatic heterocycles. The first kappa shape index (κ1) is 23.0. The summed E-state index contributed by atoms with van der Waals surface area (Å²) in [5, 5.41) is 0.363. The number of amides is 2. The van der Waals surface area contributed by atoms with Crippen molar-refractivity contribution in [3.05, 3.63) is 94.8 Å². The first-order valence-corrected chi connectivity index (χ1v) is 10.9. The van der Waals surface area contributed by atoms with Crippen molar-refractivity contribution in [2.75, 3.05) is 19.1 Å². The Hall–Kier alpha value is -4.79. The number of hydrogen-bond acceptors (Lipinski definition) is 7. The van der Waals surface area contributed by atoms with Crippen LogP contribution in [0.15, 0.2) is 66.7 Å². The van der Waals surface area contributed by atoms with Gasteiger partial charge in [-0.2, -0.15) is 0 Å². The molecule has 0 N–H and O–H groups in total. The van der Waals surface area contributed by atoms with Crippen molar-refractivity contribution in [3.8, 4) is 11.5 Å². The van der Waals surface area contributed by atoms with E-state index >= 15 is 0 Å². The Kier molecular flexibility index (Phi) is 5.81. The van der Waals surface area contributed by atoms with Gasteiger partial charge in [0.25, 0.3) is 11.8 Å². The highest BCUT2D eigenvalue weighted by atomic mass is 19.1. The molecule has 180 valence electrons. The van der Waals surface area contributed by atoms with Crippen LogP contribution < -0.4 is 14.4 Å². The molecule has 0 radical (unpaired) electrons. The minimum absolute atomic E-state index is 0.0765. The molecular weight excluding hydrogens is 467 g/mol. The third kappa shape index (κ3) is 3.90. The highest BCUT2D eigenvalue weighted by Crippen LogP contribution is 2.36. The molecule has 0 saturated heterocycles. The number of carbonyl (C=O) groups excluding carboxylic acids is 3. The van der Waals surface area contributed by atoms with Gasteiger partial charge in [0.1, 0.15) is 18.2 Å². The Morgan fingerprint density at radius 3 is 2.22 bits per heavy atom. The van der Waals surface area contributed by atoms with Crippen LogP contribution in [0, 0.1) is 5.82 Å². The molecule has 0 spiro atoms.